The van der Waals surface area contributed by atoms with Gasteiger partial charge in [0.05, 0.1) is 18.0 Å². The summed E-state index contributed by atoms with van der Waals surface area (Å²) in [5.74, 6) is 0. The molecule has 0 bridgehead atoms. The van der Waals surface area contributed by atoms with Crippen molar-refractivity contribution in [2.75, 3.05) is 6.54 Å². The van der Waals surface area contributed by atoms with Gasteiger partial charge in [-0.1, -0.05) is 24.3 Å². The van der Waals surface area contributed by atoms with E-state index in [2.05, 4.69) is 26.1 Å². The predicted molar refractivity (Wildman–Crippen MR) is 92.0 cm³/mol. The summed E-state index contributed by atoms with van der Waals surface area (Å²) < 4.78 is 0. The van der Waals surface area contributed by atoms with Crippen molar-refractivity contribution in [3.63, 3.8) is 0 Å². The van der Waals surface area contributed by atoms with Crippen molar-refractivity contribution < 1.29 is 5.11 Å². The minimum Gasteiger partial charge on any atom is -0.388 e. The van der Waals surface area contributed by atoms with E-state index in [-0.39, 0.29) is 6.10 Å². The zero-order chi connectivity index (χ0) is 16.4. The van der Waals surface area contributed by atoms with Gasteiger partial charge in [-0.3, -0.25) is 15.0 Å². The average molecular weight is 320 g/mol. The van der Waals surface area contributed by atoms with Crippen LogP contribution in [0.5, 0.6) is 0 Å². The van der Waals surface area contributed by atoms with Crippen LogP contribution in [0.15, 0.2) is 55.0 Å². The van der Waals surface area contributed by atoms with Crippen molar-refractivity contribution in [3.8, 4) is 11.3 Å². The minimum atomic E-state index is -0.381. The molecular formula is C19H20N4O. The van der Waals surface area contributed by atoms with Crippen molar-refractivity contribution in [3.05, 3.63) is 71.7 Å². The van der Waals surface area contributed by atoms with Gasteiger partial charge in [-0.05, 0) is 29.7 Å². The lowest BCUT2D eigenvalue weighted by molar-refractivity contribution is 0.150. The number of aromatic nitrogens is 3. The maximum atomic E-state index is 10.4. The van der Waals surface area contributed by atoms with Gasteiger partial charge in [-0.2, -0.15) is 5.10 Å². The maximum absolute atomic E-state index is 10.4. The van der Waals surface area contributed by atoms with E-state index in [1.54, 1.807) is 6.20 Å². The quantitative estimate of drug-likeness (QED) is 0.779. The Morgan fingerprint density at radius 1 is 1.17 bits per heavy atom. The normalized spacial score (nSPS) is 18.1. The number of hydrogen-bond donors (Lipinski definition) is 2. The fourth-order valence-corrected chi connectivity index (χ4v) is 3.35. The van der Waals surface area contributed by atoms with Gasteiger partial charge in [-0.25, -0.2) is 0 Å². The molecule has 0 saturated heterocycles. The summed E-state index contributed by atoms with van der Waals surface area (Å²) in [5, 5.41) is 17.7. The first kappa shape index (κ1) is 15.1. The second-order valence-electron chi connectivity index (χ2n) is 6.23. The molecule has 122 valence electrons. The molecule has 2 aromatic heterocycles. The van der Waals surface area contributed by atoms with E-state index in [1.807, 2.05) is 42.7 Å². The van der Waals surface area contributed by atoms with E-state index in [0.29, 0.717) is 0 Å². The van der Waals surface area contributed by atoms with Gasteiger partial charge < -0.3 is 5.11 Å². The molecule has 1 aliphatic rings. The third kappa shape index (κ3) is 2.96. The molecule has 4 rings (SSSR count). The van der Waals surface area contributed by atoms with Gasteiger partial charge >= 0.3 is 0 Å². The summed E-state index contributed by atoms with van der Waals surface area (Å²) in [6, 6.07) is 12.1. The van der Waals surface area contributed by atoms with Crippen LogP contribution >= 0.6 is 0 Å². The Labute approximate surface area is 141 Å². The van der Waals surface area contributed by atoms with E-state index in [9.17, 15) is 5.11 Å². The summed E-state index contributed by atoms with van der Waals surface area (Å²) in [6.07, 6.45) is 5.87. The largest absolute Gasteiger partial charge is 0.388 e. The molecule has 0 spiro atoms. The third-order valence-electron chi connectivity index (χ3n) is 4.59. The number of aliphatic hydroxyl groups is 1. The second-order valence-corrected chi connectivity index (χ2v) is 6.23. The average Bonchev–Trinajstić information content (AvgIpc) is 3.02. The Hall–Kier alpha value is -2.50. The van der Waals surface area contributed by atoms with Crippen LogP contribution in [-0.2, 0) is 13.1 Å². The molecule has 0 radical (unpaired) electrons. The molecule has 3 aromatic rings. The van der Waals surface area contributed by atoms with Crippen molar-refractivity contribution in [2.45, 2.75) is 25.6 Å². The highest BCUT2D eigenvalue weighted by molar-refractivity contribution is 5.61. The Balaban J connectivity index is 1.58. The molecule has 1 aromatic carbocycles. The van der Waals surface area contributed by atoms with Crippen molar-refractivity contribution in [1.82, 2.24) is 20.1 Å². The molecule has 24 heavy (non-hydrogen) atoms. The lowest BCUT2D eigenvalue weighted by Crippen LogP contribution is -2.23. The highest BCUT2D eigenvalue weighted by Crippen LogP contribution is 2.28. The predicted octanol–water partition coefficient (Wildman–Crippen LogP) is 2.91. The summed E-state index contributed by atoms with van der Waals surface area (Å²) in [7, 11) is 0. The van der Waals surface area contributed by atoms with Crippen LogP contribution in [0, 0.1) is 0 Å². The number of aliphatic hydroxyl groups excluding tert-OH is 1. The minimum absolute atomic E-state index is 0.381. The molecule has 0 saturated carbocycles. The van der Waals surface area contributed by atoms with E-state index < -0.39 is 0 Å². The molecule has 1 atom stereocenters. The lowest BCUT2D eigenvalue weighted by Gasteiger charge is -2.20. The zero-order valence-electron chi connectivity index (χ0n) is 13.4. The Morgan fingerprint density at radius 3 is 2.96 bits per heavy atom. The fourth-order valence-electron chi connectivity index (χ4n) is 3.35. The SMILES string of the molecule is OC1CCN(Cc2cn[nH]c2-c2cccnc2)Cc2ccccc21. The number of fused-ring (bicyclic) bond motifs is 1. The fraction of sp³-hybridized carbons (Fsp3) is 0.263. The number of benzene rings is 1. The van der Waals surface area contributed by atoms with E-state index in [1.165, 1.54) is 5.56 Å². The molecule has 0 aliphatic carbocycles. The monoisotopic (exact) mass is 320 g/mol. The number of aromatic amines is 1. The molecule has 5 nitrogen and oxygen atoms in total. The first-order valence-corrected chi connectivity index (χ1v) is 8.22. The van der Waals surface area contributed by atoms with E-state index in [0.717, 1.165) is 48.4 Å². The highest BCUT2D eigenvalue weighted by Gasteiger charge is 2.21. The summed E-state index contributed by atoms with van der Waals surface area (Å²) in [6.45, 7) is 2.49. The molecule has 0 amide bonds. The summed E-state index contributed by atoms with van der Waals surface area (Å²) in [5.41, 5.74) is 5.46. The van der Waals surface area contributed by atoms with Crippen LogP contribution in [0.25, 0.3) is 11.3 Å². The number of pyridine rings is 1. The van der Waals surface area contributed by atoms with Crippen LogP contribution in [0.2, 0.25) is 0 Å². The second kappa shape index (κ2) is 6.55. The number of hydrogen-bond acceptors (Lipinski definition) is 4. The molecule has 3 heterocycles. The standard InChI is InChI=1S/C19H20N4O/c24-18-7-9-23(12-15-4-1-2-6-17(15)18)13-16-11-21-22-19(16)14-5-3-8-20-10-14/h1-6,8,10-11,18,24H,7,9,12-13H2,(H,21,22). The number of nitrogens with one attached hydrogen (secondary N) is 1. The molecular weight excluding hydrogens is 300 g/mol. The molecule has 1 aliphatic heterocycles. The Bertz CT molecular complexity index is 815. The van der Waals surface area contributed by atoms with Gasteiger partial charge in [0.15, 0.2) is 0 Å². The van der Waals surface area contributed by atoms with Crippen LogP contribution < -0.4 is 0 Å². The highest BCUT2D eigenvalue weighted by atomic mass is 16.3. The molecule has 5 heteroatoms. The molecule has 2 N–H and O–H groups in total. The topological polar surface area (TPSA) is 65.0 Å². The summed E-state index contributed by atoms with van der Waals surface area (Å²) in [4.78, 5) is 6.55. The van der Waals surface area contributed by atoms with Crippen LogP contribution in [0.1, 0.15) is 29.2 Å². The molecule has 0 fully saturated rings. The molecule has 1 unspecified atom stereocenters. The first-order valence-electron chi connectivity index (χ1n) is 8.22. The lowest BCUT2D eigenvalue weighted by atomic mass is 10.0. The summed E-state index contributed by atoms with van der Waals surface area (Å²) >= 11 is 0. The first-order chi connectivity index (χ1) is 11.8. The van der Waals surface area contributed by atoms with E-state index in [4.69, 9.17) is 0 Å². The maximum Gasteiger partial charge on any atom is 0.0805 e. The van der Waals surface area contributed by atoms with Gasteiger partial charge in [0.1, 0.15) is 0 Å². The smallest absolute Gasteiger partial charge is 0.0805 e. The van der Waals surface area contributed by atoms with Crippen LogP contribution in [0.3, 0.4) is 0 Å². The number of nitrogens with zero attached hydrogens (tertiary/aromatic N) is 3. The van der Waals surface area contributed by atoms with Gasteiger partial charge in [0.25, 0.3) is 0 Å². The Kier molecular flexibility index (Phi) is 4.11. The zero-order valence-corrected chi connectivity index (χ0v) is 13.4. The van der Waals surface area contributed by atoms with Gasteiger partial charge in [0.2, 0.25) is 0 Å². The van der Waals surface area contributed by atoms with Crippen LogP contribution in [-0.4, -0.2) is 31.7 Å². The van der Waals surface area contributed by atoms with Gasteiger partial charge in [0, 0.05) is 43.2 Å². The Morgan fingerprint density at radius 2 is 2.08 bits per heavy atom. The third-order valence-corrected chi connectivity index (χ3v) is 4.59. The van der Waals surface area contributed by atoms with Crippen molar-refractivity contribution in [1.29, 1.82) is 0 Å². The van der Waals surface area contributed by atoms with Crippen molar-refractivity contribution in [2.24, 2.45) is 0 Å². The number of H-pyrrole nitrogens is 1. The van der Waals surface area contributed by atoms with Crippen molar-refractivity contribution >= 4 is 0 Å². The van der Waals surface area contributed by atoms with Gasteiger partial charge in [-0.15, -0.1) is 0 Å². The van der Waals surface area contributed by atoms with E-state index >= 15 is 0 Å². The van der Waals surface area contributed by atoms with Crippen LogP contribution in [0.4, 0.5) is 0 Å². The number of rotatable bonds is 3.